The van der Waals surface area contributed by atoms with Crippen LogP contribution in [0.3, 0.4) is 0 Å². The van der Waals surface area contributed by atoms with E-state index in [1.807, 2.05) is 36.7 Å². The van der Waals surface area contributed by atoms with Crippen LogP contribution in [0.15, 0.2) is 54.9 Å². The SMILES string of the molecule is O=C(N1CCCN(Cc2cccnc2)CC1)C1(Nc2ccccc2)CCCC1. The van der Waals surface area contributed by atoms with Crippen LogP contribution in [0, 0.1) is 0 Å². The largest absolute Gasteiger partial charge is 0.371 e. The highest BCUT2D eigenvalue weighted by atomic mass is 16.2. The molecule has 5 nitrogen and oxygen atoms in total. The van der Waals surface area contributed by atoms with Crippen LogP contribution in [0.1, 0.15) is 37.7 Å². The topological polar surface area (TPSA) is 48.5 Å². The van der Waals surface area contributed by atoms with Crippen molar-refractivity contribution in [3.8, 4) is 0 Å². The van der Waals surface area contributed by atoms with Gasteiger partial charge in [0, 0.05) is 50.8 Å². The average Bonchev–Trinajstić information content (AvgIpc) is 3.09. The number of aromatic nitrogens is 1. The van der Waals surface area contributed by atoms with E-state index in [0.717, 1.165) is 70.5 Å². The molecular formula is C23H30N4O. The fourth-order valence-corrected chi connectivity index (χ4v) is 4.55. The summed E-state index contributed by atoms with van der Waals surface area (Å²) in [7, 11) is 0. The number of nitrogens with one attached hydrogen (secondary N) is 1. The molecule has 1 amide bonds. The fourth-order valence-electron chi connectivity index (χ4n) is 4.55. The van der Waals surface area contributed by atoms with E-state index in [4.69, 9.17) is 0 Å². The Hall–Kier alpha value is -2.40. The van der Waals surface area contributed by atoms with Crippen molar-refractivity contribution < 1.29 is 4.79 Å². The second kappa shape index (κ2) is 8.74. The molecule has 2 heterocycles. The van der Waals surface area contributed by atoms with Crippen molar-refractivity contribution >= 4 is 11.6 Å². The molecule has 0 atom stereocenters. The summed E-state index contributed by atoms with van der Waals surface area (Å²) >= 11 is 0. The lowest BCUT2D eigenvalue weighted by molar-refractivity contribution is -0.135. The summed E-state index contributed by atoms with van der Waals surface area (Å²) in [4.78, 5) is 22.3. The second-order valence-electron chi connectivity index (χ2n) is 8.06. The maximum atomic E-state index is 13.6. The van der Waals surface area contributed by atoms with E-state index in [-0.39, 0.29) is 5.91 Å². The van der Waals surface area contributed by atoms with E-state index < -0.39 is 5.54 Å². The van der Waals surface area contributed by atoms with Crippen molar-refractivity contribution in [2.45, 2.75) is 44.2 Å². The third-order valence-electron chi connectivity index (χ3n) is 6.03. The van der Waals surface area contributed by atoms with Gasteiger partial charge in [-0.1, -0.05) is 37.1 Å². The van der Waals surface area contributed by atoms with Crippen LogP contribution in [0.2, 0.25) is 0 Å². The number of hydrogen-bond acceptors (Lipinski definition) is 4. The molecule has 1 aliphatic heterocycles. The van der Waals surface area contributed by atoms with Gasteiger partial charge in [-0.3, -0.25) is 14.7 Å². The Morgan fingerprint density at radius 1 is 0.964 bits per heavy atom. The Morgan fingerprint density at radius 2 is 1.79 bits per heavy atom. The van der Waals surface area contributed by atoms with Crippen molar-refractivity contribution in [3.63, 3.8) is 0 Å². The number of para-hydroxylation sites is 1. The highest BCUT2D eigenvalue weighted by Crippen LogP contribution is 2.35. The number of carbonyl (C=O) groups is 1. The Bertz CT molecular complexity index is 759. The van der Waals surface area contributed by atoms with E-state index in [0.29, 0.717) is 0 Å². The Morgan fingerprint density at radius 3 is 2.54 bits per heavy atom. The van der Waals surface area contributed by atoms with E-state index in [2.05, 4.69) is 38.3 Å². The maximum Gasteiger partial charge on any atom is 0.248 e. The summed E-state index contributed by atoms with van der Waals surface area (Å²) in [6.07, 6.45) is 8.86. The van der Waals surface area contributed by atoms with Gasteiger partial charge in [0.05, 0.1) is 0 Å². The van der Waals surface area contributed by atoms with Crippen LogP contribution in [0.5, 0.6) is 0 Å². The van der Waals surface area contributed by atoms with Crippen LogP contribution < -0.4 is 5.32 Å². The summed E-state index contributed by atoms with van der Waals surface area (Å²) in [6.45, 7) is 4.50. The summed E-state index contributed by atoms with van der Waals surface area (Å²) < 4.78 is 0. The molecule has 1 aromatic carbocycles. The molecule has 2 fully saturated rings. The van der Waals surface area contributed by atoms with Crippen molar-refractivity contribution in [2.24, 2.45) is 0 Å². The predicted molar refractivity (Wildman–Crippen MR) is 112 cm³/mol. The summed E-state index contributed by atoms with van der Waals surface area (Å²) in [5, 5.41) is 3.61. The molecule has 0 bridgehead atoms. The molecule has 1 aromatic heterocycles. The molecule has 0 unspecified atom stereocenters. The quantitative estimate of drug-likeness (QED) is 0.865. The van der Waals surface area contributed by atoms with Gasteiger partial charge in [-0.15, -0.1) is 0 Å². The molecule has 0 radical (unpaired) electrons. The van der Waals surface area contributed by atoms with Crippen molar-refractivity contribution in [3.05, 3.63) is 60.4 Å². The minimum atomic E-state index is -0.431. The Kier molecular flexibility index (Phi) is 5.91. The monoisotopic (exact) mass is 378 g/mol. The summed E-state index contributed by atoms with van der Waals surface area (Å²) in [5.74, 6) is 0.289. The maximum absolute atomic E-state index is 13.6. The molecule has 28 heavy (non-hydrogen) atoms. The number of anilines is 1. The second-order valence-corrected chi connectivity index (χ2v) is 8.06. The predicted octanol–water partition coefficient (Wildman–Crippen LogP) is 3.54. The Labute approximate surface area is 167 Å². The van der Waals surface area contributed by atoms with Crippen molar-refractivity contribution in [1.29, 1.82) is 0 Å². The highest BCUT2D eigenvalue weighted by Gasteiger charge is 2.43. The first-order chi connectivity index (χ1) is 13.8. The minimum Gasteiger partial charge on any atom is -0.371 e. The highest BCUT2D eigenvalue weighted by molar-refractivity contribution is 5.90. The molecular weight excluding hydrogens is 348 g/mol. The van der Waals surface area contributed by atoms with E-state index in [1.54, 1.807) is 0 Å². The molecule has 2 aromatic rings. The number of pyridine rings is 1. The van der Waals surface area contributed by atoms with Gasteiger partial charge in [0.2, 0.25) is 5.91 Å². The third kappa shape index (κ3) is 4.36. The zero-order chi connectivity index (χ0) is 19.2. The van der Waals surface area contributed by atoms with Crippen LogP contribution in [-0.2, 0) is 11.3 Å². The first-order valence-corrected chi connectivity index (χ1v) is 10.5. The van der Waals surface area contributed by atoms with Gasteiger partial charge in [-0.05, 0) is 43.0 Å². The fraction of sp³-hybridized carbons (Fsp3) is 0.478. The van der Waals surface area contributed by atoms with Gasteiger partial charge in [0.1, 0.15) is 5.54 Å². The normalized spacial score (nSPS) is 19.9. The number of amides is 1. The van der Waals surface area contributed by atoms with Gasteiger partial charge < -0.3 is 10.2 Å². The van der Waals surface area contributed by atoms with E-state index in [9.17, 15) is 4.79 Å². The van der Waals surface area contributed by atoms with E-state index >= 15 is 0 Å². The lowest BCUT2D eigenvalue weighted by atomic mass is 9.94. The number of nitrogens with zero attached hydrogens (tertiary/aromatic N) is 3. The van der Waals surface area contributed by atoms with Crippen LogP contribution in [-0.4, -0.2) is 52.4 Å². The van der Waals surface area contributed by atoms with Gasteiger partial charge in [0.15, 0.2) is 0 Å². The zero-order valence-corrected chi connectivity index (χ0v) is 16.5. The number of benzene rings is 1. The van der Waals surface area contributed by atoms with Gasteiger partial charge >= 0.3 is 0 Å². The van der Waals surface area contributed by atoms with Crippen LogP contribution in [0.25, 0.3) is 0 Å². The first-order valence-electron chi connectivity index (χ1n) is 10.5. The molecule has 4 rings (SSSR count). The van der Waals surface area contributed by atoms with Crippen molar-refractivity contribution in [1.82, 2.24) is 14.8 Å². The third-order valence-corrected chi connectivity index (χ3v) is 6.03. The van der Waals surface area contributed by atoms with Gasteiger partial charge in [0.25, 0.3) is 0 Å². The standard InChI is InChI=1S/C23H30N4O/c28-22(23(11-4-5-12-23)25-21-9-2-1-3-10-21)27-15-7-14-26(16-17-27)19-20-8-6-13-24-18-20/h1-3,6,8-10,13,18,25H,4-5,7,11-12,14-17,19H2. The molecule has 1 N–H and O–H groups in total. The number of hydrogen-bond donors (Lipinski definition) is 1. The number of carbonyl (C=O) groups excluding carboxylic acids is 1. The average molecular weight is 379 g/mol. The van der Waals surface area contributed by atoms with Gasteiger partial charge in [-0.25, -0.2) is 0 Å². The molecule has 1 aliphatic carbocycles. The minimum absolute atomic E-state index is 0.289. The molecule has 1 saturated carbocycles. The van der Waals surface area contributed by atoms with Crippen LogP contribution >= 0.6 is 0 Å². The smallest absolute Gasteiger partial charge is 0.248 e. The van der Waals surface area contributed by atoms with Gasteiger partial charge in [-0.2, -0.15) is 0 Å². The lowest BCUT2D eigenvalue weighted by Gasteiger charge is -2.35. The zero-order valence-electron chi connectivity index (χ0n) is 16.5. The lowest BCUT2D eigenvalue weighted by Crippen LogP contribution is -2.53. The van der Waals surface area contributed by atoms with E-state index in [1.165, 1.54) is 5.56 Å². The molecule has 148 valence electrons. The number of rotatable bonds is 5. The van der Waals surface area contributed by atoms with Crippen molar-refractivity contribution in [2.75, 3.05) is 31.5 Å². The summed E-state index contributed by atoms with van der Waals surface area (Å²) in [5.41, 5.74) is 1.85. The molecule has 2 aliphatic rings. The summed E-state index contributed by atoms with van der Waals surface area (Å²) in [6, 6.07) is 14.3. The first kappa shape index (κ1) is 18.9. The molecule has 0 spiro atoms. The molecule has 5 heteroatoms. The Balaban J connectivity index is 1.41. The molecule has 1 saturated heterocycles. The van der Waals surface area contributed by atoms with Crippen LogP contribution in [0.4, 0.5) is 5.69 Å².